The standard InChI is InChI=1S/C15H16O6/c1-9(7-13(16)18-3)21-12-8-11(17-2)10-5-6-20-14(10)15(12)19-4/h5-8H,1-4H3. The quantitative estimate of drug-likeness (QED) is 0.479. The summed E-state index contributed by atoms with van der Waals surface area (Å²) in [7, 11) is 4.36. The monoisotopic (exact) mass is 292 g/mol. The smallest absolute Gasteiger partial charge is 0.333 e. The molecule has 0 spiro atoms. The average molecular weight is 292 g/mol. The predicted molar refractivity (Wildman–Crippen MR) is 75.7 cm³/mol. The molecule has 21 heavy (non-hydrogen) atoms. The van der Waals surface area contributed by atoms with Crippen molar-refractivity contribution >= 4 is 16.9 Å². The molecule has 2 rings (SSSR count). The fraction of sp³-hybridized carbons (Fsp3) is 0.267. The van der Waals surface area contributed by atoms with Crippen molar-refractivity contribution in [1.82, 2.24) is 0 Å². The van der Waals surface area contributed by atoms with Crippen LogP contribution in [-0.2, 0) is 9.53 Å². The van der Waals surface area contributed by atoms with Crippen molar-refractivity contribution in [3.05, 3.63) is 30.2 Å². The van der Waals surface area contributed by atoms with Crippen molar-refractivity contribution in [3.8, 4) is 17.2 Å². The van der Waals surface area contributed by atoms with Crippen molar-refractivity contribution in [3.63, 3.8) is 0 Å². The molecule has 0 N–H and O–H groups in total. The number of esters is 1. The van der Waals surface area contributed by atoms with Crippen LogP contribution in [0.2, 0.25) is 0 Å². The molecule has 0 saturated heterocycles. The second-order valence-corrected chi connectivity index (χ2v) is 4.15. The number of carbonyl (C=O) groups is 1. The maximum atomic E-state index is 11.2. The van der Waals surface area contributed by atoms with E-state index in [4.69, 9.17) is 18.6 Å². The normalized spacial score (nSPS) is 11.3. The summed E-state index contributed by atoms with van der Waals surface area (Å²) < 4.78 is 26.2. The molecular formula is C15H16O6. The summed E-state index contributed by atoms with van der Waals surface area (Å²) in [5.41, 5.74) is 0.512. The Bertz CT molecular complexity index is 683. The number of carbonyl (C=O) groups excluding carboxylic acids is 1. The van der Waals surface area contributed by atoms with Gasteiger partial charge in [0.1, 0.15) is 11.5 Å². The maximum Gasteiger partial charge on any atom is 0.333 e. The zero-order valence-electron chi connectivity index (χ0n) is 12.3. The van der Waals surface area contributed by atoms with E-state index >= 15 is 0 Å². The van der Waals surface area contributed by atoms with Gasteiger partial charge in [0.05, 0.1) is 39.1 Å². The van der Waals surface area contributed by atoms with Gasteiger partial charge in [0.15, 0.2) is 11.3 Å². The van der Waals surface area contributed by atoms with Crippen LogP contribution >= 0.6 is 0 Å². The Labute approximate surface area is 121 Å². The maximum absolute atomic E-state index is 11.2. The van der Waals surface area contributed by atoms with Gasteiger partial charge in [-0.25, -0.2) is 4.79 Å². The van der Waals surface area contributed by atoms with Gasteiger partial charge in [-0.15, -0.1) is 0 Å². The summed E-state index contributed by atoms with van der Waals surface area (Å²) in [4.78, 5) is 11.2. The van der Waals surface area contributed by atoms with Crippen LogP contribution in [0.5, 0.6) is 17.2 Å². The zero-order valence-corrected chi connectivity index (χ0v) is 12.3. The number of furan rings is 1. The minimum Gasteiger partial charge on any atom is -0.496 e. The number of ether oxygens (including phenoxy) is 4. The molecule has 6 heteroatoms. The number of hydrogen-bond donors (Lipinski definition) is 0. The molecule has 0 radical (unpaired) electrons. The summed E-state index contributed by atoms with van der Waals surface area (Å²) >= 11 is 0. The first-order valence-corrected chi connectivity index (χ1v) is 6.17. The molecule has 0 aliphatic rings. The number of fused-ring (bicyclic) bond motifs is 1. The Morgan fingerprint density at radius 1 is 1.19 bits per heavy atom. The van der Waals surface area contributed by atoms with Crippen LogP contribution in [0.4, 0.5) is 0 Å². The molecule has 0 aliphatic heterocycles. The van der Waals surface area contributed by atoms with Crippen molar-refractivity contribution in [2.24, 2.45) is 0 Å². The number of rotatable bonds is 5. The highest BCUT2D eigenvalue weighted by Gasteiger charge is 2.18. The van der Waals surface area contributed by atoms with Crippen LogP contribution in [0.15, 0.2) is 34.6 Å². The number of hydrogen-bond acceptors (Lipinski definition) is 6. The SMILES string of the molecule is COC(=O)C=C(C)Oc1cc(OC)c2ccoc2c1OC. The third-order valence-corrected chi connectivity index (χ3v) is 2.84. The molecule has 1 heterocycles. The zero-order chi connectivity index (χ0) is 15.4. The van der Waals surface area contributed by atoms with E-state index in [2.05, 4.69) is 4.74 Å². The Kier molecular flexibility index (Phi) is 4.37. The van der Waals surface area contributed by atoms with Gasteiger partial charge in [0.25, 0.3) is 0 Å². The highest BCUT2D eigenvalue weighted by atomic mass is 16.5. The number of methoxy groups -OCH3 is 3. The van der Waals surface area contributed by atoms with Gasteiger partial charge in [0, 0.05) is 6.07 Å². The second kappa shape index (κ2) is 6.21. The molecule has 1 aromatic carbocycles. The highest BCUT2D eigenvalue weighted by molar-refractivity contribution is 5.91. The van der Waals surface area contributed by atoms with Gasteiger partial charge < -0.3 is 23.4 Å². The number of allylic oxidation sites excluding steroid dienone is 1. The molecule has 0 unspecified atom stereocenters. The summed E-state index contributed by atoms with van der Waals surface area (Å²) in [5, 5.41) is 0.774. The van der Waals surface area contributed by atoms with E-state index in [-0.39, 0.29) is 0 Å². The molecule has 0 bridgehead atoms. The van der Waals surface area contributed by atoms with E-state index in [9.17, 15) is 4.79 Å². The Morgan fingerprint density at radius 3 is 2.57 bits per heavy atom. The fourth-order valence-electron chi connectivity index (χ4n) is 1.92. The molecule has 0 aliphatic carbocycles. The van der Waals surface area contributed by atoms with Crippen LogP contribution in [0.25, 0.3) is 11.0 Å². The van der Waals surface area contributed by atoms with Gasteiger partial charge in [-0.3, -0.25) is 0 Å². The lowest BCUT2D eigenvalue weighted by Gasteiger charge is -2.13. The van der Waals surface area contributed by atoms with Gasteiger partial charge >= 0.3 is 5.97 Å². The van der Waals surface area contributed by atoms with Gasteiger partial charge in [-0.2, -0.15) is 0 Å². The molecule has 112 valence electrons. The molecule has 0 saturated carbocycles. The molecule has 2 aromatic rings. The van der Waals surface area contributed by atoms with Crippen LogP contribution in [0, 0.1) is 0 Å². The summed E-state index contributed by atoms with van der Waals surface area (Å²) in [6.45, 7) is 1.63. The molecule has 0 atom stereocenters. The van der Waals surface area contributed by atoms with Crippen molar-refractivity contribution < 1.29 is 28.2 Å². The Morgan fingerprint density at radius 2 is 1.95 bits per heavy atom. The topological polar surface area (TPSA) is 67.1 Å². The molecule has 6 nitrogen and oxygen atoms in total. The largest absolute Gasteiger partial charge is 0.496 e. The fourth-order valence-corrected chi connectivity index (χ4v) is 1.92. The third kappa shape index (κ3) is 2.94. The van der Waals surface area contributed by atoms with Gasteiger partial charge in [0.2, 0.25) is 5.75 Å². The third-order valence-electron chi connectivity index (χ3n) is 2.84. The van der Waals surface area contributed by atoms with E-state index in [1.54, 1.807) is 26.2 Å². The van der Waals surface area contributed by atoms with Crippen molar-refractivity contribution in [1.29, 1.82) is 0 Å². The summed E-state index contributed by atoms with van der Waals surface area (Å²) in [6, 6.07) is 3.45. The van der Waals surface area contributed by atoms with E-state index in [0.29, 0.717) is 28.6 Å². The molecule has 0 fully saturated rings. The van der Waals surface area contributed by atoms with E-state index in [1.165, 1.54) is 26.6 Å². The predicted octanol–water partition coefficient (Wildman–Crippen LogP) is 2.91. The van der Waals surface area contributed by atoms with Crippen LogP contribution in [0.3, 0.4) is 0 Å². The van der Waals surface area contributed by atoms with Gasteiger partial charge in [-0.1, -0.05) is 0 Å². The van der Waals surface area contributed by atoms with E-state index in [1.807, 2.05) is 0 Å². The molecule has 0 amide bonds. The van der Waals surface area contributed by atoms with Crippen LogP contribution < -0.4 is 14.2 Å². The van der Waals surface area contributed by atoms with Crippen molar-refractivity contribution in [2.45, 2.75) is 6.92 Å². The molecular weight excluding hydrogens is 276 g/mol. The first-order chi connectivity index (χ1) is 10.1. The average Bonchev–Trinajstić information content (AvgIpc) is 2.95. The minimum atomic E-state index is -0.502. The molecule has 1 aromatic heterocycles. The Hall–Kier alpha value is -2.63. The lowest BCUT2D eigenvalue weighted by Crippen LogP contribution is -2.01. The van der Waals surface area contributed by atoms with E-state index in [0.717, 1.165) is 5.39 Å². The number of benzene rings is 1. The summed E-state index contributed by atoms with van der Waals surface area (Å²) in [5.74, 6) is 1.24. The van der Waals surface area contributed by atoms with Crippen LogP contribution in [-0.4, -0.2) is 27.3 Å². The lowest BCUT2D eigenvalue weighted by atomic mass is 10.2. The van der Waals surface area contributed by atoms with Gasteiger partial charge in [-0.05, 0) is 13.0 Å². The first-order valence-electron chi connectivity index (χ1n) is 6.17. The van der Waals surface area contributed by atoms with E-state index < -0.39 is 5.97 Å². The summed E-state index contributed by atoms with van der Waals surface area (Å²) in [6.07, 6.45) is 2.77. The lowest BCUT2D eigenvalue weighted by molar-refractivity contribution is -0.135. The van der Waals surface area contributed by atoms with Crippen LogP contribution in [0.1, 0.15) is 6.92 Å². The Balaban J connectivity index is 2.47. The highest BCUT2D eigenvalue weighted by Crippen LogP contribution is 2.42. The van der Waals surface area contributed by atoms with Crippen molar-refractivity contribution in [2.75, 3.05) is 21.3 Å². The second-order valence-electron chi connectivity index (χ2n) is 4.15. The first kappa shape index (κ1) is 14.8. The minimum absolute atomic E-state index is 0.355.